The minimum absolute atomic E-state index is 0.122. The zero-order valence-corrected chi connectivity index (χ0v) is 16.6. The van der Waals surface area contributed by atoms with E-state index < -0.39 is 0 Å². The summed E-state index contributed by atoms with van der Waals surface area (Å²) in [6.45, 7) is 4.73. The Kier molecular flexibility index (Phi) is 7.29. The number of rotatable bonds is 8. The SMILES string of the molecule is COCc1ccc(C(=O)c2c(C)ncc(Cl)c2C)c(COC)c1COC. The van der Waals surface area contributed by atoms with Crippen LogP contribution in [0.2, 0.25) is 5.02 Å². The summed E-state index contributed by atoms with van der Waals surface area (Å²) >= 11 is 6.19. The number of nitrogens with zero attached hydrogens (tertiary/aromatic N) is 1. The van der Waals surface area contributed by atoms with Crippen LogP contribution in [0.4, 0.5) is 0 Å². The fourth-order valence-corrected chi connectivity index (χ4v) is 3.20. The van der Waals surface area contributed by atoms with Gasteiger partial charge >= 0.3 is 0 Å². The van der Waals surface area contributed by atoms with Crippen LogP contribution < -0.4 is 0 Å². The predicted octanol–water partition coefficient (Wildman–Crippen LogP) is 4.02. The number of hydrogen-bond acceptors (Lipinski definition) is 5. The van der Waals surface area contributed by atoms with E-state index in [1.807, 2.05) is 26.0 Å². The molecule has 0 radical (unpaired) electrons. The van der Waals surface area contributed by atoms with Gasteiger partial charge in [0.15, 0.2) is 5.78 Å². The molecule has 0 amide bonds. The van der Waals surface area contributed by atoms with Crippen LogP contribution in [0.25, 0.3) is 0 Å². The Bertz CT molecular complexity index is 805. The summed E-state index contributed by atoms with van der Waals surface area (Å²) in [5.41, 5.74) is 5.14. The lowest BCUT2D eigenvalue weighted by molar-refractivity contribution is 0.103. The summed E-state index contributed by atoms with van der Waals surface area (Å²) in [6.07, 6.45) is 1.57. The standard InChI is InChI=1S/C20H24ClNO4/c1-12-18(21)8-22-13(2)19(12)20(23)15-7-6-14(9-24-3)16(10-25-4)17(15)11-26-5/h6-8H,9-11H2,1-5H3. The van der Waals surface area contributed by atoms with Crippen LogP contribution in [-0.4, -0.2) is 32.1 Å². The second-order valence-electron chi connectivity index (χ2n) is 6.05. The van der Waals surface area contributed by atoms with Crippen LogP contribution in [0.15, 0.2) is 18.3 Å². The number of halogens is 1. The van der Waals surface area contributed by atoms with E-state index in [4.69, 9.17) is 25.8 Å². The van der Waals surface area contributed by atoms with Gasteiger partial charge in [0.05, 0.1) is 24.8 Å². The summed E-state index contributed by atoms with van der Waals surface area (Å²) < 4.78 is 16.0. The molecule has 0 saturated heterocycles. The molecule has 0 saturated carbocycles. The lowest BCUT2D eigenvalue weighted by atomic mass is 9.90. The maximum atomic E-state index is 13.3. The number of carbonyl (C=O) groups excluding carboxylic acids is 1. The van der Waals surface area contributed by atoms with Crippen LogP contribution in [0.5, 0.6) is 0 Å². The molecule has 0 aliphatic carbocycles. The molecular formula is C20H24ClNO4. The Morgan fingerprint density at radius 3 is 2.23 bits per heavy atom. The Balaban J connectivity index is 2.67. The van der Waals surface area contributed by atoms with Crippen molar-refractivity contribution in [3.05, 3.63) is 62.4 Å². The third-order valence-electron chi connectivity index (χ3n) is 4.34. The van der Waals surface area contributed by atoms with Gasteiger partial charge in [0, 0.05) is 44.3 Å². The summed E-state index contributed by atoms with van der Waals surface area (Å²) in [5.74, 6) is -0.122. The number of carbonyl (C=O) groups is 1. The molecule has 0 bridgehead atoms. The van der Waals surface area contributed by atoms with E-state index in [9.17, 15) is 4.79 Å². The molecule has 0 N–H and O–H groups in total. The van der Waals surface area contributed by atoms with Gasteiger partial charge in [0.25, 0.3) is 0 Å². The second-order valence-corrected chi connectivity index (χ2v) is 6.46. The molecule has 1 heterocycles. The van der Waals surface area contributed by atoms with E-state index in [2.05, 4.69) is 4.98 Å². The molecule has 0 aliphatic rings. The molecule has 0 unspecified atom stereocenters. The van der Waals surface area contributed by atoms with Crippen LogP contribution >= 0.6 is 11.6 Å². The van der Waals surface area contributed by atoms with Crippen molar-refractivity contribution >= 4 is 17.4 Å². The lowest BCUT2D eigenvalue weighted by Gasteiger charge is -2.18. The first kappa shape index (κ1) is 20.5. The summed E-state index contributed by atoms with van der Waals surface area (Å²) in [5, 5.41) is 0.473. The molecule has 0 aliphatic heterocycles. The van der Waals surface area contributed by atoms with Crippen LogP contribution in [-0.2, 0) is 34.0 Å². The minimum Gasteiger partial charge on any atom is -0.380 e. The molecule has 140 valence electrons. The van der Waals surface area contributed by atoms with Crippen molar-refractivity contribution in [1.29, 1.82) is 0 Å². The third-order valence-corrected chi connectivity index (χ3v) is 4.72. The van der Waals surface area contributed by atoms with E-state index in [1.165, 1.54) is 0 Å². The van der Waals surface area contributed by atoms with Crippen molar-refractivity contribution in [2.45, 2.75) is 33.7 Å². The fourth-order valence-electron chi connectivity index (χ4n) is 3.05. The van der Waals surface area contributed by atoms with Gasteiger partial charge in [-0.1, -0.05) is 23.7 Å². The van der Waals surface area contributed by atoms with Crippen LogP contribution in [0.3, 0.4) is 0 Å². The number of hydrogen-bond donors (Lipinski definition) is 0. The molecule has 6 heteroatoms. The van der Waals surface area contributed by atoms with Crippen molar-refractivity contribution in [3.63, 3.8) is 0 Å². The number of aromatic nitrogens is 1. The average molecular weight is 378 g/mol. The number of benzene rings is 1. The van der Waals surface area contributed by atoms with E-state index in [1.54, 1.807) is 27.5 Å². The molecule has 2 aromatic rings. The van der Waals surface area contributed by atoms with Gasteiger partial charge in [0.2, 0.25) is 0 Å². The number of methoxy groups -OCH3 is 3. The first-order valence-electron chi connectivity index (χ1n) is 8.23. The first-order valence-corrected chi connectivity index (χ1v) is 8.60. The van der Waals surface area contributed by atoms with E-state index in [0.29, 0.717) is 41.7 Å². The normalized spacial score (nSPS) is 11.0. The zero-order valence-electron chi connectivity index (χ0n) is 15.8. The average Bonchev–Trinajstić information content (AvgIpc) is 2.61. The van der Waals surface area contributed by atoms with Crippen LogP contribution in [0.1, 0.15) is 43.9 Å². The lowest BCUT2D eigenvalue weighted by Crippen LogP contribution is -2.15. The highest BCUT2D eigenvalue weighted by Crippen LogP contribution is 2.28. The summed E-state index contributed by atoms with van der Waals surface area (Å²) in [7, 11) is 4.86. The largest absolute Gasteiger partial charge is 0.380 e. The number of ether oxygens (including phenoxy) is 3. The van der Waals surface area contributed by atoms with Gasteiger partial charge in [-0.05, 0) is 36.1 Å². The zero-order chi connectivity index (χ0) is 19.3. The minimum atomic E-state index is -0.122. The molecule has 2 rings (SSSR count). The number of pyridine rings is 1. The Hall–Kier alpha value is -1.79. The second kappa shape index (κ2) is 9.24. The molecule has 26 heavy (non-hydrogen) atoms. The molecular weight excluding hydrogens is 354 g/mol. The van der Waals surface area contributed by atoms with Crippen molar-refractivity contribution in [2.75, 3.05) is 21.3 Å². The van der Waals surface area contributed by atoms with E-state index >= 15 is 0 Å². The molecule has 1 aromatic carbocycles. The van der Waals surface area contributed by atoms with Gasteiger partial charge in [-0.25, -0.2) is 0 Å². The highest BCUT2D eigenvalue weighted by Gasteiger charge is 2.23. The summed E-state index contributed by atoms with van der Waals surface area (Å²) in [6, 6.07) is 3.71. The van der Waals surface area contributed by atoms with Crippen molar-refractivity contribution in [1.82, 2.24) is 4.98 Å². The molecule has 0 spiro atoms. The fraction of sp³-hybridized carbons (Fsp3) is 0.400. The van der Waals surface area contributed by atoms with Crippen LogP contribution in [0, 0.1) is 13.8 Å². The van der Waals surface area contributed by atoms with Gasteiger partial charge < -0.3 is 14.2 Å². The molecule has 1 aromatic heterocycles. The highest BCUT2D eigenvalue weighted by molar-refractivity contribution is 6.32. The van der Waals surface area contributed by atoms with E-state index in [-0.39, 0.29) is 5.78 Å². The Labute approximate surface area is 159 Å². The van der Waals surface area contributed by atoms with Gasteiger partial charge in [-0.3, -0.25) is 9.78 Å². The maximum Gasteiger partial charge on any atom is 0.195 e. The monoisotopic (exact) mass is 377 g/mol. The van der Waals surface area contributed by atoms with Crippen molar-refractivity contribution in [2.24, 2.45) is 0 Å². The number of ketones is 1. The number of aryl methyl sites for hydroxylation is 1. The maximum absolute atomic E-state index is 13.3. The first-order chi connectivity index (χ1) is 12.5. The predicted molar refractivity (Wildman–Crippen MR) is 101 cm³/mol. The highest BCUT2D eigenvalue weighted by atomic mass is 35.5. The Morgan fingerprint density at radius 2 is 1.62 bits per heavy atom. The van der Waals surface area contributed by atoms with Gasteiger partial charge in [-0.15, -0.1) is 0 Å². The van der Waals surface area contributed by atoms with Crippen molar-refractivity contribution in [3.8, 4) is 0 Å². The molecule has 0 fully saturated rings. The van der Waals surface area contributed by atoms with Gasteiger partial charge in [0.1, 0.15) is 0 Å². The smallest absolute Gasteiger partial charge is 0.195 e. The van der Waals surface area contributed by atoms with Gasteiger partial charge in [-0.2, -0.15) is 0 Å². The Morgan fingerprint density at radius 1 is 1.00 bits per heavy atom. The van der Waals surface area contributed by atoms with Crippen molar-refractivity contribution < 1.29 is 19.0 Å². The third kappa shape index (κ3) is 4.13. The topological polar surface area (TPSA) is 57.7 Å². The molecule has 5 nitrogen and oxygen atoms in total. The quantitative estimate of drug-likeness (QED) is 0.650. The summed E-state index contributed by atoms with van der Waals surface area (Å²) in [4.78, 5) is 17.6. The molecule has 0 atom stereocenters. The van der Waals surface area contributed by atoms with E-state index in [0.717, 1.165) is 22.3 Å².